The van der Waals surface area contributed by atoms with E-state index in [1.165, 1.54) is 23.1 Å². The highest BCUT2D eigenvalue weighted by Crippen LogP contribution is 2.22. The van der Waals surface area contributed by atoms with Gasteiger partial charge in [-0.1, -0.05) is 23.4 Å². The molecule has 5 nitrogen and oxygen atoms in total. The van der Waals surface area contributed by atoms with Crippen LogP contribution in [0.3, 0.4) is 0 Å². The van der Waals surface area contributed by atoms with Crippen LogP contribution < -0.4 is 10.9 Å². The van der Waals surface area contributed by atoms with Crippen LogP contribution in [0.2, 0.25) is 5.02 Å². The number of halogens is 1. The molecule has 0 aliphatic heterocycles. The molecule has 2 heterocycles. The Bertz CT molecular complexity index is 997. The summed E-state index contributed by atoms with van der Waals surface area (Å²) in [4.78, 5) is 29.2. The second-order valence-corrected chi connectivity index (χ2v) is 7.67. The van der Waals surface area contributed by atoms with Crippen LogP contribution in [0.25, 0.3) is 10.2 Å². The monoisotopic (exact) mass is 393 g/mol. The van der Waals surface area contributed by atoms with Gasteiger partial charge in [0.2, 0.25) is 5.91 Å². The first kappa shape index (κ1) is 18.0. The third-order valence-electron chi connectivity index (χ3n) is 3.64. The Kier molecular flexibility index (Phi) is 5.46. The smallest absolute Gasteiger partial charge is 0.272 e. The first-order valence-corrected chi connectivity index (χ1v) is 9.90. The summed E-state index contributed by atoms with van der Waals surface area (Å²) in [5.74, 6) is 0.0159. The van der Waals surface area contributed by atoms with E-state index >= 15 is 0 Å². The largest absolute Gasteiger partial charge is 0.325 e. The van der Waals surface area contributed by atoms with Gasteiger partial charge in [-0.2, -0.15) is 0 Å². The zero-order valence-corrected chi connectivity index (χ0v) is 16.1. The van der Waals surface area contributed by atoms with Gasteiger partial charge < -0.3 is 5.32 Å². The first-order chi connectivity index (χ1) is 12.0. The number of carbonyl (C=O) groups excluding carboxylic acids is 1. The first-order valence-electron chi connectivity index (χ1n) is 7.66. The number of carbonyl (C=O) groups is 1. The van der Waals surface area contributed by atoms with E-state index in [2.05, 4.69) is 10.3 Å². The number of nitrogens with zero attached hydrogens (tertiary/aromatic N) is 2. The predicted molar refractivity (Wildman–Crippen MR) is 105 cm³/mol. The molecule has 3 aromatic rings. The van der Waals surface area contributed by atoms with E-state index in [0.29, 0.717) is 26.9 Å². The van der Waals surface area contributed by atoms with E-state index in [0.717, 1.165) is 11.3 Å². The number of hydrogen-bond donors (Lipinski definition) is 1. The van der Waals surface area contributed by atoms with Crippen molar-refractivity contribution in [2.75, 3.05) is 11.1 Å². The predicted octanol–water partition coefficient (Wildman–Crippen LogP) is 4.17. The average molecular weight is 394 g/mol. The van der Waals surface area contributed by atoms with Crippen LogP contribution in [0.4, 0.5) is 5.69 Å². The lowest BCUT2D eigenvalue weighted by Gasteiger charge is -2.11. The van der Waals surface area contributed by atoms with Gasteiger partial charge in [0, 0.05) is 17.3 Å². The lowest BCUT2D eigenvalue weighted by molar-refractivity contribution is -0.113. The molecular formula is C17H16ClN3O2S2. The summed E-state index contributed by atoms with van der Waals surface area (Å²) < 4.78 is 2.25. The summed E-state index contributed by atoms with van der Waals surface area (Å²) in [5, 5.41) is 5.90. The number of amides is 1. The van der Waals surface area contributed by atoms with E-state index < -0.39 is 0 Å². The highest BCUT2D eigenvalue weighted by Gasteiger charge is 2.13. The number of fused-ring (bicyclic) bond motifs is 1. The highest BCUT2D eigenvalue weighted by atomic mass is 35.5. The third-order valence-corrected chi connectivity index (χ3v) is 5.75. The highest BCUT2D eigenvalue weighted by molar-refractivity contribution is 7.99. The second kappa shape index (κ2) is 7.59. The Hall–Kier alpha value is -1.83. The molecule has 25 heavy (non-hydrogen) atoms. The number of aromatic nitrogens is 2. The van der Waals surface area contributed by atoms with E-state index in [-0.39, 0.29) is 17.2 Å². The van der Waals surface area contributed by atoms with Crippen molar-refractivity contribution in [1.29, 1.82) is 0 Å². The normalized spacial score (nSPS) is 11.0. The standard InChI is InChI=1S/C17H16ClN3O2S2/c1-3-21-16(23)15-13(6-7-24-15)20-17(21)25-9-14(22)19-12-5-4-11(18)8-10(12)2/h4-8H,3,9H2,1-2H3,(H,19,22). The average Bonchev–Trinajstić information content (AvgIpc) is 3.04. The van der Waals surface area contributed by atoms with Gasteiger partial charge in [0.15, 0.2) is 5.16 Å². The van der Waals surface area contributed by atoms with Crippen LogP contribution in [-0.4, -0.2) is 21.2 Å². The molecule has 3 rings (SSSR count). The third kappa shape index (κ3) is 3.89. The van der Waals surface area contributed by atoms with E-state index in [1.54, 1.807) is 22.8 Å². The summed E-state index contributed by atoms with van der Waals surface area (Å²) in [6, 6.07) is 7.13. The number of rotatable bonds is 5. The Morgan fingerprint density at radius 2 is 2.20 bits per heavy atom. The number of thioether (sulfide) groups is 1. The fourth-order valence-corrected chi connectivity index (χ4v) is 4.26. The van der Waals surface area contributed by atoms with Gasteiger partial charge in [0.05, 0.1) is 11.3 Å². The molecule has 0 bridgehead atoms. The van der Waals surface area contributed by atoms with E-state index in [1.807, 2.05) is 25.3 Å². The summed E-state index contributed by atoms with van der Waals surface area (Å²) in [5.41, 5.74) is 2.24. The number of aryl methyl sites for hydroxylation is 1. The number of thiophene rings is 1. The van der Waals surface area contributed by atoms with Gasteiger partial charge in [0.25, 0.3) is 5.56 Å². The molecule has 0 unspecified atom stereocenters. The molecule has 0 saturated carbocycles. The van der Waals surface area contributed by atoms with Crippen molar-refractivity contribution in [2.45, 2.75) is 25.5 Å². The second-order valence-electron chi connectivity index (χ2n) is 5.37. The maximum Gasteiger partial charge on any atom is 0.272 e. The molecule has 0 spiro atoms. The van der Waals surface area contributed by atoms with Crippen molar-refractivity contribution in [3.63, 3.8) is 0 Å². The Morgan fingerprint density at radius 1 is 1.40 bits per heavy atom. The topological polar surface area (TPSA) is 64.0 Å². The molecule has 0 fully saturated rings. The minimum Gasteiger partial charge on any atom is -0.325 e. The SMILES string of the molecule is CCn1c(SCC(=O)Nc2ccc(Cl)cc2C)nc2ccsc2c1=O. The van der Waals surface area contributed by atoms with Gasteiger partial charge >= 0.3 is 0 Å². The summed E-state index contributed by atoms with van der Waals surface area (Å²) >= 11 is 8.57. The minimum atomic E-state index is -0.155. The molecular weight excluding hydrogens is 378 g/mol. The van der Waals surface area contributed by atoms with Gasteiger partial charge in [-0.05, 0) is 49.1 Å². The maximum atomic E-state index is 12.5. The van der Waals surface area contributed by atoms with Crippen molar-refractivity contribution in [3.8, 4) is 0 Å². The minimum absolute atomic E-state index is 0.0565. The number of hydrogen-bond acceptors (Lipinski definition) is 5. The van der Waals surface area contributed by atoms with Crippen molar-refractivity contribution < 1.29 is 4.79 Å². The van der Waals surface area contributed by atoms with Crippen LogP contribution in [0.1, 0.15) is 12.5 Å². The molecule has 1 N–H and O–H groups in total. The summed E-state index contributed by atoms with van der Waals surface area (Å²) in [7, 11) is 0. The molecule has 0 saturated heterocycles. The molecule has 0 atom stereocenters. The van der Waals surface area contributed by atoms with Gasteiger partial charge in [-0.15, -0.1) is 11.3 Å². The van der Waals surface area contributed by atoms with Crippen LogP contribution in [0, 0.1) is 6.92 Å². The van der Waals surface area contributed by atoms with Crippen LogP contribution in [0.5, 0.6) is 0 Å². The summed E-state index contributed by atoms with van der Waals surface area (Å²) in [6.07, 6.45) is 0. The molecule has 0 aliphatic carbocycles. The zero-order chi connectivity index (χ0) is 18.0. The Balaban J connectivity index is 1.75. The molecule has 0 aliphatic rings. The molecule has 1 aromatic carbocycles. The molecule has 8 heteroatoms. The van der Waals surface area contributed by atoms with Crippen LogP contribution >= 0.6 is 34.7 Å². The maximum absolute atomic E-state index is 12.5. The van der Waals surface area contributed by atoms with Crippen molar-refractivity contribution >= 4 is 56.5 Å². The molecule has 1 amide bonds. The van der Waals surface area contributed by atoms with Gasteiger partial charge in [0.1, 0.15) is 4.70 Å². The lowest BCUT2D eigenvalue weighted by Crippen LogP contribution is -2.22. The molecule has 0 radical (unpaired) electrons. The van der Waals surface area contributed by atoms with Crippen molar-refractivity contribution in [1.82, 2.24) is 9.55 Å². The fraction of sp³-hybridized carbons (Fsp3) is 0.235. The van der Waals surface area contributed by atoms with Crippen LogP contribution in [-0.2, 0) is 11.3 Å². The van der Waals surface area contributed by atoms with Gasteiger partial charge in [-0.25, -0.2) is 4.98 Å². The number of nitrogens with one attached hydrogen (secondary N) is 1. The molecule has 2 aromatic heterocycles. The quantitative estimate of drug-likeness (QED) is 0.522. The van der Waals surface area contributed by atoms with E-state index in [4.69, 9.17) is 11.6 Å². The molecule has 130 valence electrons. The number of anilines is 1. The summed E-state index contributed by atoms with van der Waals surface area (Å²) in [6.45, 7) is 4.29. The fourth-order valence-electron chi connectivity index (χ4n) is 2.40. The van der Waals surface area contributed by atoms with E-state index in [9.17, 15) is 9.59 Å². The van der Waals surface area contributed by atoms with Crippen LogP contribution in [0.15, 0.2) is 39.6 Å². The lowest BCUT2D eigenvalue weighted by atomic mass is 10.2. The number of benzene rings is 1. The Morgan fingerprint density at radius 3 is 2.92 bits per heavy atom. The Labute approximate surface area is 158 Å². The van der Waals surface area contributed by atoms with Crippen molar-refractivity contribution in [3.05, 3.63) is 50.6 Å². The van der Waals surface area contributed by atoms with Gasteiger partial charge in [-0.3, -0.25) is 14.2 Å². The zero-order valence-electron chi connectivity index (χ0n) is 13.7. The van der Waals surface area contributed by atoms with Crippen molar-refractivity contribution in [2.24, 2.45) is 0 Å².